The molecule has 0 saturated carbocycles. The van der Waals surface area contributed by atoms with Crippen molar-refractivity contribution >= 4 is 11.4 Å². The first-order valence-corrected chi connectivity index (χ1v) is 5.46. The van der Waals surface area contributed by atoms with Gasteiger partial charge in [0.2, 0.25) is 0 Å². The Balaban J connectivity index is 0.00000144. The standard InChI is InChI=1S/C14H16N2.HI/c1-11-10-16(3)12(2)9-14(11)15-13-7-5-4-6-8-13;/h4-10H,1-3H3;1H. The van der Waals surface area contributed by atoms with Crippen molar-refractivity contribution in [1.29, 1.82) is 0 Å². The quantitative estimate of drug-likeness (QED) is 0.595. The molecule has 2 nitrogen and oxygen atoms in total. The van der Waals surface area contributed by atoms with Crippen molar-refractivity contribution in [3.05, 3.63) is 53.9 Å². The summed E-state index contributed by atoms with van der Waals surface area (Å²) in [5.74, 6) is 0. The summed E-state index contributed by atoms with van der Waals surface area (Å²) in [6.45, 7) is 4.22. The van der Waals surface area contributed by atoms with Crippen LogP contribution in [0.1, 0.15) is 11.3 Å². The lowest BCUT2D eigenvalue weighted by Gasteiger charge is -2.09. The Labute approximate surface area is 120 Å². The minimum atomic E-state index is 0. The molecule has 0 unspecified atom stereocenters. The minimum Gasteiger partial charge on any atom is -1.00 e. The fraction of sp³-hybridized carbons (Fsp3) is 0.214. The van der Waals surface area contributed by atoms with E-state index >= 15 is 0 Å². The number of nitrogens with zero attached hydrogens (tertiary/aromatic N) is 1. The molecule has 1 heterocycles. The molecule has 1 N–H and O–H groups in total. The van der Waals surface area contributed by atoms with Crippen molar-refractivity contribution in [2.75, 3.05) is 5.32 Å². The van der Waals surface area contributed by atoms with Gasteiger partial charge in [0, 0.05) is 24.2 Å². The SMILES string of the molecule is Cc1c[n+](C)c(C)cc1Nc1ccccc1.[I-]. The van der Waals surface area contributed by atoms with E-state index in [2.05, 4.69) is 55.2 Å². The van der Waals surface area contributed by atoms with Crippen LogP contribution in [0.5, 0.6) is 0 Å². The van der Waals surface area contributed by atoms with Gasteiger partial charge in [-0.15, -0.1) is 0 Å². The molecular formula is C14H17IN2. The molecular weight excluding hydrogens is 323 g/mol. The van der Waals surface area contributed by atoms with Gasteiger partial charge in [0.05, 0.1) is 5.69 Å². The molecule has 0 bridgehead atoms. The Morgan fingerprint density at radius 2 is 1.71 bits per heavy atom. The predicted octanol–water partition coefficient (Wildman–Crippen LogP) is -0.124. The molecule has 0 amide bonds. The summed E-state index contributed by atoms with van der Waals surface area (Å²) in [7, 11) is 2.06. The number of aromatic nitrogens is 1. The van der Waals surface area contributed by atoms with Crippen LogP contribution in [0.3, 0.4) is 0 Å². The first-order chi connectivity index (χ1) is 7.66. The summed E-state index contributed by atoms with van der Waals surface area (Å²) in [5, 5.41) is 3.43. The smallest absolute Gasteiger partial charge is 0.180 e. The van der Waals surface area contributed by atoms with Gasteiger partial charge in [-0.25, -0.2) is 4.57 Å². The molecule has 1 aromatic carbocycles. The van der Waals surface area contributed by atoms with Crippen LogP contribution in [0.15, 0.2) is 42.6 Å². The fourth-order valence-electron chi connectivity index (χ4n) is 1.70. The first-order valence-electron chi connectivity index (χ1n) is 5.46. The number of hydrogen-bond acceptors (Lipinski definition) is 1. The van der Waals surface area contributed by atoms with Crippen molar-refractivity contribution < 1.29 is 28.5 Å². The third kappa shape index (κ3) is 3.43. The first kappa shape index (κ1) is 14.0. The summed E-state index contributed by atoms with van der Waals surface area (Å²) < 4.78 is 2.13. The normalized spacial score (nSPS) is 9.59. The molecule has 2 rings (SSSR count). The van der Waals surface area contributed by atoms with Crippen LogP contribution in [-0.2, 0) is 7.05 Å². The number of anilines is 2. The van der Waals surface area contributed by atoms with Gasteiger partial charge in [-0.2, -0.15) is 0 Å². The van der Waals surface area contributed by atoms with Crippen LogP contribution in [0.2, 0.25) is 0 Å². The number of para-hydroxylation sites is 1. The van der Waals surface area contributed by atoms with E-state index in [0.717, 1.165) is 5.69 Å². The monoisotopic (exact) mass is 340 g/mol. The second kappa shape index (κ2) is 6.00. The van der Waals surface area contributed by atoms with E-state index in [1.165, 1.54) is 16.9 Å². The number of hydrogen-bond donors (Lipinski definition) is 1. The van der Waals surface area contributed by atoms with Crippen molar-refractivity contribution in [2.24, 2.45) is 7.05 Å². The molecule has 2 aromatic rings. The Bertz CT molecular complexity index is 495. The lowest BCUT2D eigenvalue weighted by Crippen LogP contribution is -3.00. The van der Waals surface area contributed by atoms with Crippen molar-refractivity contribution in [3.8, 4) is 0 Å². The third-order valence-electron chi connectivity index (χ3n) is 2.77. The molecule has 0 aliphatic rings. The summed E-state index contributed by atoms with van der Waals surface area (Å²) in [6, 6.07) is 12.4. The van der Waals surface area contributed by atoms with E-state index < -0.39 is 0 Å². The average Bonchev–Trinajstić information content (AvgIpc) is 2.27. The number of nitrogens with one attached hydrogen (secondary N) is 1. The molecule has 90 valence electrons. The number of rotatable bonds is 2. The van der Waals surface area contributed by atoms with Gasteiger partial charge in [0.25, 0.3) is 0 Å². The van der Waals surface area contributed by atoms with Gasteiger partial charge in [-0.05, 0) is 19.1 Å². The van der Waals surface area contributed by atoms with Crippen LogP contribution in [0.4, 0.5) is 11.4 Å². The highest BCUT2D eigenvalue weighted by Gasteiger charge is 2.07. The zero-order valence-electron chi connectivity index (χ0n) is 10.4. The number of pyridine rings is 1. The molecule has 0 saturated heterocycles. The minimum absolute atomic E-state index is 0. The molecule has 0 aliphatic carbocycles. The molecule has 0 atom stereocenters. The van der Waals surface area contributed by atoms with Crippen LogP contribution in [0, 0.1) is 13.8 Å². The maximum Gasteiger partial charge on any atom is 0.180 e. The summed E-state index contributed by atoms with van der Waals surface area (Å²) in [6.07, 6.45) is 2.14. The van der Waals surface area contributed by atoms with E-state index in [4.69, 9.17) is 0 Å². The second-order valence-electron chi connectivity index (χ2n) is 4.11. The van der Waals surface area contributed by atoms with E-state index in [-0.39, 0.29) is 24.0 Å². The van der Waals surface area contributed by atoms with Crippen molar-refractivity contribution in [1.82, 2.24) is 0 Å². The molecule has 3 heteroatoms. The maximum absolute atomic E-state index is 3.43. The van der Waals surface area contributed by atoms with E-state index in [9.17, 15) is 0 Å². The summed E-state index contributed by atoms with van der Waals surface area (Å²) >= 11 is 0. The predicted molar refractivity (Wildman–Crippen MR) is 66.8 cm³/mol. The van der Waals surface area contributed by atoms with Gasteiger partial charge in [-0.3, -0.25) is 0 Å². The highest BCUT2D eigenvalue weighted by Crippen LogP contribution is 2.19. The molecule has 1 aromatic heterocycles. The van der Waals surface area contributed by atoms with E-state index in [0.29, 0.717) is 0 Å². The second-order valence-corrected chi connectivity index (χ2v) is 4.11. The lowest BCUT2D eigenvalue weighted by molar-refractivity contribution is -0.677. The van der Waals surface area contributed by atoms with Crippen LogP contribution in [0.25, 0.3) is 0 Å². The van der Waals surface area contributed by atoms with Crippen LogP contribution < -0.4 is 33.9 Å². The maximum atomic E-state index is 3.43. The van der Waals surface area contributed by atoms with Gasteiger partial charge in [-0.1, -0.05) is 18.2 Å². The Morgan fingerprint density at radius 3 is 2.35 bits per heavy atom. The zero-order valence-corrected chi connectivity index (χ0v) is 12.5. The van der Waals surface area contributed by atoms with Crippen molar-refractivity contribution in [3.63, 3.8) is 0 Å². The topological polar surface area (TPSA) is 15.9 Å². The lowest BCUT2D eigenvalue weighted by atomic mass is 10.2. The summed E-state index contributed by atoms with van der Waals surface area (Å²) in [4.78, 5) is 0. The van der Waals surface area contributed by atoms with Crippen LogP contribution >= 0.6 is 0 Å². The Hall–Kier alpha value is -1.10. The molecule has 0 aliphatic heterocycles. The fourth-order valence-corrected chi connectivity index (χ4v) is 1.70. The van der Waals surface area contributed by atoms with Gasteiger partial charge >= 0.3 is 0 Å². The Kier molecular flexibility index (Phi) is 4.93. The zero-order chi connectivity index (χ0) is 11.5. The highest BCUT2D eigenvalue weighted by atomic mass is 127. The van der Waals surface area contributed by atoms with E-state index in [1.54, 1.807) is 0 Å². The molecule has 17 heavy (non-hydrogen) atoms. The van der Waals surface area contributed by atoms with Crippen molar-refractivity contribution in [2.45, 2.75) is 13.8 Å². The average molecular weight is 340 g/mol. The molecule has 0 radical (unpaired) electrons. The number of benzene rings is 1. The molecule has 0 spiro atoms. The number of halogens is 1. The largest absolute Gasteiger partial charge is 1.00 e. The van der Waals surface area contributed by atoms with Gasteiger partial charge in [0.1, 0.15) is 7.05 Å². The van der Waals surface area contributed by atoms with E-state index in [1.807, 2.05) is 18.2 Å². The number of aryl methyl sites for hydroxylation is 3. The summed E-state index contributed by atoms with van der Waals surface area (Å²) in [5.41, 5.74) is 4.78. The highest BCUT2D eigenvalue weighted by molar-refractivity contribution is 5.62. The van der Waals surface area contributed by atoms with Gasteiger partial charge in [0.15, 0.2) is 11.9 Å². The molecule has 0 fully saturated rings. The van der Waals surface area contributed by atoms with Crippen LogP contribution in [-0.4, -0.2) is 0 Å². The Morgan fingerprint density at radius 1 is 1.06 bits per heavy atom. The third-order valence-corrected chi connectivity index (χ3v) is 2.77. The van der Waals surface area contributed by atoms with Gasteiger partial charge < -0.3 is 29.3 Å².